The van der Waals surface area contributed by atoms with Gasteiger partial charge in [0.1, 0.15) is 5.60 Å². The molecule has 0 spiro atoms. The number of nitrogens with zero attached hydrogens (tertiary/aromatic N) is 3. The minimum Gasteiger partial charge on any atom is -0.444 e. The zero-order valence-corrected chi connectivity index (χ0v) is 18.1. The number of fused-ring (bicyclic) bond motifs is 1. The van der Waals surface area contributed by atoms with Gasteiger partial charge in [0.2, 0.25) is 0 Å². The quantitative estimate of drug-likeness (QED) is 0.793. The lowest BCUT2D eigenvalue weighted by Crippen LogP contribution is -2.41. The number of imidazole rings is 1. The minimum absolute atomic E-state index is 0.200. The third-order valence-electron chi connectivity index (χ3n) is 5.03. The zero-order valence-electron chi connectivity index (χ0n) is 18.1. The van der Waals surface area contributed by atoms with Crippen LogP contribution >= 0.6 is 0 Å². The monoisotopic (exact) mass is 400 g/mol. The topological polar surface area (TPSA) is 87.0 Å². The van der Waals surface area contributed by atoms with Crippen molar-refractivity contribution in [3.63, 3.8) is 0 Å². The van der Waals surface area contributed by atoms with E-state index in [1.807, 2.05) is 66.7 Å². The highest BCUT2D eigenvalue weighted by Crippen LogP contribution is 2.38. The van der Waals surface area contributed by atoms with Crippen LogP contribution in [0.1, 0.15) is 54.2 Å². The number of ether oxygens (including phenoxy) is 1. The van der Waals surface area contributed by atoms with Gasteiger partial charge in [-0.1, -0.05) is 0 Å². The predicted molar refractivity (Wildman–Crippen MR) is 111 cm³/mol. The lowest BCUT2D eigenvalue weighted by atomic mass is 9.77. The van der Waals surface area contributed by atoms with Crippen molar-refractivity contribution < 1.29 is 18.8 Å². The highest BCUT2D eigenvalue weighted by atomic mass is 16.7. The summed E-state index contributed by atoms with van der Waals surface area (Å²) >= 11 is 0. The Morgan fingerprint density at radius 2 is 1.93 bits per heavy atom. The van der Waals surface area contributed by atoms with Crippen molar-refractivity contribution >= 4 is 24.9 Å². The van der Waals surface area contributed by atoms with Gasteiger partial charge in [0.15, 0.2) is 5.65 Å². The Morgan fingerprint density at radius 3 is 2.55 bits per heavy atom. The molecule has 0 atom stereocenters. The number of carbonyl (C=O) groups is 1. The molecule has 0 aliphatic carbocycles. The molecule has 9 heteroatoms. The van der Waals surface area contributed by atoms with Crippen LogP contribution in [0, 0.1) is 0 Å². The average Bonchev–Trinajstić information content (AvgIpc) is 3.08. The molecule has 29 heavy (non-hydrogen) atoms. The summed E-state index contributed by atoms with van der Waals surface area (Å²) in [5.41, 5.74) is 0.649. The number of carbonyl (C=O) groups excluding carboxylic acids is 1. The molecular weight excluding hydrogens is 371 g/mol. The third-order valence-corrected chi connectivity index (χ3v) is 5.03. The average molecular weight is 400 g/mol. The van der Waals surface area contributed by atoms with Crippen LogP contribution in [0.2, 0.25) is 0 Å². The van der Waals surface area contributed by atoms with Gasteiger partial charge in [-0.2, -0.15) is 5.10 Å². The minimum atomic E-state index is -0.621. The third kappa shape index (κ3) is 4.79. The molecule has 1 fully saturated rings. The summed E-state index contributed by atoms with van der Waals surface area (Å²) < 4.78 is 19.4. The van der Waals surface area contributed by atoms with Crippen LogP contribution in [0.4, 0.5) is 4.79 Å². The van der Waals surface area contributed by atoms with E-state index in [1.54, 1.807) is 16.9 Å². The molecule has 0 unspecified atom stereocenters. The van der Waals surface area contributed by atoms with Gasteiger partial charge in [0.25, 0.3) is 0 Å². The Morgan fingerprint density at radius 1 is 1.28 bits per heavy atom. The molecule has 0 radical (unpaired) electrons. The van der Waals surface area contributed by atoms with Crippen molar-refractivity contribution in [3.05, 3.63) is 35.7 Å². The van der Waals surface area contributed by atoms with Gasteiger partial charge in [0, 0.05) is 12.7 Å². The van der Waals surface area contributed by atoms with Crippen LogP contribution in [0.5, 0.6) is 0 Å². The van der Waals surface area contributed by atoms with Crippen molar-refractivity contribution in [1.82, 2.24) is 19.9 Å². The first-order valence-electron chi connectivity index (χ1n) is 9.70. The first-order chi connectivity index (χ1) is 13.4. The molecule has 1 saturated heterocycles. The van der Waals surface area contributed by atoms with Gasteiger partial charge < -0.3 is 19.4 Å². The number of amides is 1. The summed E-state index contributed by atoms with van der Waals surface area (Å²) in [6.07, 6.45) is 4.80. The summed E-state index contributed by atoms with van der Waals surface area (Å²) in [5, 5.41) is 7.13. The molecule has 8 nitrogen and oxygen atoms in total. The molecule has 0 saturated carbocycles. The van der Waals surface area contributed by atoms with E-state index in [2.05, 4.69) is 15.4 Å². The lowest BCUT2D eigenvalue weighted by molar-refractivity contribution is 0.00578. The van der Waals surface area contributed by atoms with E-state index in [4.69, 9.17) is 14.0 Å². The molecule has 3 heterocycles. The van der Waals surface area contributed by atoms with Crippen LogP contribution in [0.3, 0.4) is 0 Å². The number of alkyl carbamates (subject to hydrolysis) is 1. The fourth-order valence-electron chi connectivity index (χ4n) is 2.82. The lowest BCUT2D eigenvalue weighted by Gasteiger charge is -2.32. The number of hydrogen-bond acceptors (Lipinski definition) is 6. The van der Waals surface area contributed by atoms with E-state index < -0.39 is 30.0 Å². The number of rotatable bonds is 4. The Labute approximate surface area is 171 Å². The van der Waals surface area contributed by atoms with Crippen LogP contribution < -0.4 is 5.32 Å². The molecule has 1 amide bonds. The molecule has 0 bridgehead atoms. The smallest absolute Gasteiger partial charge is 0.444 e. The number of hydrogen-bond donors (Lipinski definition) is 1. The summed E-state index contributed by atoms with van der Waals surface area (Å²) in [6.45, 7) is 13.6. The summed E-state index contributed by atoms with van der Waals surface area (Å²) in [6, 6.07) is 3.70. The predicted octanol–water partition coefficient (Wildman–Crippen LogP) is 3.27. The Bertz CT molecular complexity index is 914. The van der Waals surface area contributed by atoms with Crippen molar-refractivity contribution in [1.29, 1.82) is 0 Å². The fraction of sp³-hybridized carbons (Fsp3) is 0.550. The van der Waals surface area contributed by atoms with E-state index in [0.29, 0.717) is 0 Å². The van der Waals surface area contributed by atoms with E-state index in [-0.39, 0.29) is 6.54 Å². The zero-order chi connectivity index (χ0) is 21.4. The maximum Gasteiger partial charge on any atom is 0.492 e. The van der Waals surface area contributed by atoms with Crippen LogP contribution in [-0.2, 0) is 14.0 Å². The van der Waals surface area contributed by atoms with Crippen LogP contribution in [0.25, 0.3) is 11.7 Å². The second-order valence-corrected chi connectivity index (χ2v) is 9.14. The normalized spacial score (nSPS) is 18.9. The maximum atomic E-state index is 12.2. The van der Waals surface area contributed by atoms with Gasteiger partial charge >= 0.3 is 13.2 Å². The van der Waals surface area contributed by atoms with Gasteiger partial charge in [0.05, 0.1) is 23.1 Å². The molecule has 2 aromatic heterocycles. The summed E-state index contributed by atoms with van der Waals surface area (Å²) in [4.78, 5) is 16.5. The Balaban J connectivity index is 1.89. The van der Waals surface area contributed by atoms with Gasteiger partial charge in [-0.3, -0.25) is 0 Å². The Hall–Kier alpha value is -2.39. The molecule has 1 N–H and O–H groups in total. The molecular formula is C20H29BN4O4. The number of nitrogens with one attached hydrogen (secondary N) is 1. The van der Waals surface area contributed by atoms with E-state index in [9.17, 15) is 4.79 Å². The maximum absolute atomic E-state index is 12.2. The first kappa shape index (κ1) is 21.3. The van der Waals surface area contributed by atoms with Crippen molar-refractivity contribution in [3.8, 4) is 0 Å². The van der Waals surface area contributed by atoms with Crippen molar-refractivity contribution in [2.45, 2.75) is 65.3 Å². The number of aromatic nitrogens is 3. The highest BCUT2D eigenvalue weighted by Gasteiger charge is 2.52. The molecule has 1 aliphatic heterocycles. The van der Waals surface area contributed by atoms with Crippen LogP contribution in [0.15, 0.2) is 30.0 Å². The van der Waals surface area contributed by atoms with Crippen LogP contribution in [-0.4, -0.2) is 51.2 Å². The van der Waals surface area contributed by atoms with Gasteiger partial charge in [-0.25, -0.2) is 14.3 Å². The van der Waals surface area contributed by atoms with E-state index in [0.717, 1.165) is 16.8 Å². The SMILES string of the molecule is CC(C)(C)OC(=O)NCC(=Cc1cnc2cccnn12)B1OC(C)(C)C(C)(C)O1. The Kier molecular flexibility index (Phi) is 5.49. The van der Waals surface area contributed by atoms with E-state index in [1.165, 1.54) is 0 Å². The molecule has 0 aromatic carbocycles. The van der Waals surface area contributed by atoms with Gasteiger partial charge in [-0.15, -0.1) is 0 Å². The standard InChI is InChI=1S/C20H29BN4O4/c1-18(2,3)27-17(26)23-12-14(21-28-19(4,5)20(6,7)29-21)11-15-13-22-16-9-8-10-24-25(15)16/h8-11,13H,12H2,1-7H3,(H,23,26). The molecule has 1 aliphatic rings. The largest absolute Gasteiger partial charge is 0.492 e. The molecule has 2 aromatic rings. The second-order valence-electron chi connectivity index (χ2n) is 9.14. The second kappa shape index (κ2) is 7.46. The highest BCUT2D eigenvalue weighted by molar-refractivity contribution is 6.56. The van der Waals surface area contributed by atoms with Crippen molar-refractivity contribution in [2.24, 2.45) is 0 Å². The fourth-order valence-corrected chi connectivity index (χ4v) is 2.82. The van der Waals surface area contributed by atoms with Crippen molar-refractivity contribution in [2.75, 3.05) is 6.54 Å². The first-order valence-corrected chi connectivity index (χ1v) is 9.70. The summed E-state index contributed by atoms with van der Waals surface area (Å²) in [7, 11) is -0.621. The van der Waals surface area contributed by atoms with Gasteiger partial charge in [-0.05, 0) is 72.1 Å². The molecule has 3 rings (SSSR count). The summed E-state index contributed by atoms with van der Waals surface area (Å²) in [5.74, 6) is 0. The molecule has 156 valence electrons. The van der Waals surface area contributed by atoms with E-state index >= 15 is 0 Å².